The molecule has 1 rings (SSSR count). The van der Waals surface area contributed by atoms with Crippen LogP contribution in [0.3, 0.4) is 0 Å². The van der Waals surface area contributed by atoms with Gasteiger partial charge in [-0.1, -0.05) is 12.2 Å². The number of nitrogens with zero attached hydrogens (tertiary/aromatic N) is 2. The molecule has 0 atom stereocenters. The van der Waals surface area contributed by atoms with E-state index in [0.717, 1.165) is 23.2 Å². The van der Waals surface area contributed by atoms with Crippen LogP contribution in [0.5, 0.6) is 0 Å². The molecule has 0 aliphatic carbocycles. The lowest BCUT2D eigenvalue weighted by Crippen LogP contribution is -2.23. The van der Waals surface area contributed by atoms with E-state index in [-0.39, 0.29) is 0 Å². The van der Waals surface area contributed by atoms with Gasteiger partial charge in [0.2, 0.25) is 0 Å². The molecule has 0 aromatic carbocycles. The summed E-state index contributed by atoms with van der Waals surface area (Å²) >= 11 is 3.46. The Balaban J connectivity index is 2.91. The van der Waals surface area contributed by atoms with Crippen LogP contribution in [0.15, 0.2) is 48.2 Å². The van der Waals surface area contributed by atoms with Crippen LogP contribution in [0.25, 0.3) is 0 Å². The van der Waals surface area contributed by atoms with Crippen molar-refractivity contribution in [2.75, 3.05) is 18.0 Å². The average molecular weight is 253 g/mol. The van der Waals surface area contributed by atoms with Gasteiger partial charge in [-0.25, -0.2) is 0 Å². The van der Waals surface area contributed by atoms with Crippen LogP contribution >= 0.6 is 15.9 Å². The Morgan fingerprint density at radius 3 is 2.50 bits per heavy atom. The molecule has 0 fully saturated rings. The van der Waals surface area contributed by atoms with Crippen molar-refractivity contribution in [2.45, 2.75) is 0 Å². The fraction of sp³-hybridized carbons (Fsp3) is 0.182. The molecule has 2 nitrogen and oxygen atoms in total. The summed E-state index contributed by atoms with van der Waals surface area (Å²) in [5.74, 6) is 0. The topological polar surface area (TPSA) is 16.1 Å². The minimum absolute atomic E-state index is 0.800. The van der Waals surface area contributed by atoms with Crippen molar-refractivity contribution >= 4 is 21.6 Å². The maximum atomic E-state index is 4.02. The van der Waals surface area contributed by atoms with E-state index in [4.69, 9.17) is 0 Å². The Hall–Kier alpha value is -1.09. The van der Waals surface area contributed by atoms with E-state index in [9.17, 15) is 0 Å². The summed E-state index contributed by atoms with van der Waals surface area (Å²) in [6.45, 7) is 9.06. The van der Waals surface area contributed by atoms with Gasteiger partial charge in [-0.2, -0.15) is 0 Å². The summed E-state index contributed by atoms with van der Waals surface area (Å²) in [6.07, 6.45) is 7.31. The second kappa shape index (κ2) is 5.60. The third-order valence-corrected chi connectivity index (χ3v) is 2.40. The molecule has 0 saturated heterocycles. The fourth-order valence-corrected chi connectivity index (χ4v) is 1.71. The van der Waals surface area contributed by atoms with Crippen molar-refractivity contribution in [3.8, 4) is 0 Å². The smallest absolute Gasteiger partial charge is 0.0592 e. The molecule has 1 aromatic rings. The normalized spacial score (nSPS) is 9.50. The molecule has 14 heavy (non-hydrogen) atoms. The predicted molar refractivity (Wildman–Crippen MR) is 64.5 cm³/mol. The summed E-state index contributed by atoms with van der Waals surface area (Å²) in [5.41, 5.74) is 1.11. The first kappa shape index (κ1) is 11.0. The zero-order chi connectivity index (χ0) is 10.4. The molecule has 0 saturated carbocycles. The maximum absolute atomic E-state index is 4.02. The van der Waals surface area contributed by atoms with Gasteiger partial charge >= 0.3 is 0 Å². The lowest BCUT2D eigenvalue weighted by Gasteiger charge is -2.22. The minimum atomic E-state index is 0.800. The van der Waals surface area contributed by atoms with Crippen molar-refractivity contribution < 1.29 is 0 Å². The average Bonchev–Trinajstić information content (AvgIpc) is 2.18. The monoisotopic (exact) mass is 252 g/mol. The quantitative estimate of drug-likeness (QED) is 0.750. The van der Waals surface area contributed by atoms with Gasteiger partial charge in [-0.3, -0.25) is 4.98 Å². The predicted octanol–water partition coefficient (Wildman–Crippen LogP) is 3.02. The van der Waals surface area contributed by atoms with Crippen LogP contribution in [-0.4, -0.2) is 18.1 Å². The standard InChI is InChI=1S/C11H13BrN2/c1-3-7-14(8-4-2)11-5-6-13-9-10(11)12/h3-6,9H,1-2,7-8H2. The molecule has 0 bridgehead atoms. The Bertz CT molecular complexity index is 313. The van der Waals surface area contributed by atoms with Gasteiger partial charge in [0.15, 0.2) is 0 Å². The first-order valence-electron chi connectivity index (χ1n) is 4.36. The summed E-state index contributed by atoms with van der Waals surface area (Å²) in [6, 6.07) is 1.97. The van der Waals surface area contributed by atoms with Gasteiger partial charge in [0, 0.05) is 25.5 Å². The Kier molecular flexibility index (Phi) is 4.40. The van der Waals surface area contributed by atoms with Gasteiger partial charge in [0.1, 0.15) is 0 Å². The second-order valence-corrected chi connectivity index (χ2v) is 3.66. The van der Waals surface area contributed by atoms with E-state index in [0.29, 0.717) is 0 Å². The van der Waals surface area contributed by atoms with Crippen LogP contribution < -0.4 is 4.90 Å². The van der Waals surface area contributed by atoms with E-state index in [1.54, 1.807) is 12.4 Å². The number of anilines is 1. The number of aromatic nitrogens is 1. The second-order valence-electron chi connectivity index (χ2n) is 2.81. The van der Waals surface area contributed by atoms with E-state index in [1.807, 2.05) is 18.2 Å². The SMILES string of the molecule is C=CCN(CC=C)c1ccncc1Br. The highest BCUT2D eigenvalue weighted by atomic mass is 79.9. The van der Waals surface area contributed by atoms with Crippen molar-refractivity contribution in [3.05, 3.63) is 48.2 Å². The molecule has 0 spiro atoms. The van der Waals surface area contributed by atoms with Crippen LogP contribution in [0.2, 0.25) is 0 Å². The Morgan fingerprint density at radius 1 is 1.36 bits per heavy atom. The van der Waals surface area contributed by atoms with Crippen LogP contribution in [0.1, 0.15) is 0 Å². The molecule has 0 aliphatic heterocycles. The molecule has 74 valence electrons. The first-order chi connectivity index (χ1) is 6.79. The molecule has 0 aliphatic rings. The zero-order valence-corrected chi connectivity index (χ0v) is 9.57. The molecule has 1 heterocycles. The van der Waals surface area contributed by atoms with E-state index in [1.165, 1.54) is 0 Å². The number of rotatable bonds is 5. The third kappa shape index (κ3) is 2.70. The molecular weight excluding hydrogens is 240 g/mol. The van der Waals surface area contributed by atoms with Crippen molar-refractivity contribution in [2.24, 2.45) is 0 Å². The zero-order valence-electron chi connectivity index (χ0n) is 7.99. The van der Waals surface area contributed by atoms with E-state index >= 15 is 0 Å². The van der Waals surface area contributed by atoms with Gasteiger partial charge in [-0.15, -0.1) is 13.2 Å². The van der Waals surface area contributed by atoms with Crippen molar-refractivity contribution in [1.82, 2.24) is 4.98 Å². The Labute approximate surface area is 93.1 Å². The molecule has 0 radical (unpaired) electrons. The summed E-state index contributed by atoms with van der Waals surface area (Å²) < 4.78 is 0.990. The van der Waals surface area contributed by atoms with Crippen LogP contribution in [0, 0.1) is 0 Å². The molecular formula is C11H13BrN2. The van der Waals surface area contributed by atoms with Crippen molar-refractivity contribution in [3.63, 3.8) is 0 Å². The molecule has 0 amide bonds. The van der Waals surface area contributed by atoms with E-state index < -0.39 is 0 Å². The minimum Gasteiger partial charge on any atom is -0.363 e. The Morgan fingerprint density at radius 2 is 2.00 bits per heavy atom. The number of halogens is 1. The van der Waals surface area contributed by atoms with Crippen molar-refractivity contribution in [1.29, 1.82) is 0 Å². The fourth-order valence-electron chi connectivity index (χ4n) is 1.21. The maximum Gasteiger partial charge on any atom is 0.0592 e. The highest BCUT2D eigenvalue weighted by Gasteiger charge is 2.05. The highest BCUT2D eigenvalue weighted by molar-refractivity contribution is 9.10. The molecule has 0 N–H and O–H groups in total. The number of hydrogen-bond donors (Lipinski definition) is 0. The van der Waals surface area contributed by atoms with Gasteiger partial charge in [0.25, 0.3) is 0 Å². The summed E-state index contributed by atoms with van der Waals surface area (Å²) in [5, 5.41) is 0. The third-order valence-electron chi connectivity index (χ3n) is 1.79. The van der Waals surface area contributed by atoms with Gasteiger partial charge in [-0.05, 0) is 22.0 Å². The molecule has 0 unspecified atom stereocenters. The summed E-state index contributed by atoms with van der Waals surface area (Å²) in [4.78, 5) is 6.18. The number of hydrogen-bond acceptors (Lipinski definition) is 2. The largest absolute Gasteiger partial charge is 0.363 e. The molecule has 1 aromatic heterocycles. The van der Waals surface area contributed by atoms with Gasteiger partial charge < -0.3 is 4.90 Å². The molecule has 3 heteroatoms. The van der Waals surface area contributed by atoms with Crippen LogP contribution in [-0.2, 0) is 0 Å². The summed E-state index contributed by atoms with van der Waals surface area (Å²) in [7, 11) is 0. The highest BCUT2D eigenvalue weighted by Crippen LogP contribution is 2.24. The lowest BCUT2D eigenvalue weighted by molar-refractivity contribution is 0.949. The van der Waals surface area contributed by atoms with Crippen LogP contribution in [0.4, 0.5) is 5.69 Å². The number of pyridine rings is 1. The van der Waals surface area contributed by atoms with Gasteiger partial charge in [0.05, 0.1) is 10.2 Å². The van der Waals surface area contributed by atoms with E-state index in [2.05, 4.69) is 39.0 Å². The lowest BCUT2D eigenvalue weighted by atomic mass is 10.3. The first-order valence-corrected chi connectivity index (χ1v) is 5.15.